The Kier molecular flexibility index (Phi) is 2.33. The van der Waals surface area contributed by atoms with E-state index in [1.807, 2.05) is 30.3 Å². The van der Waals surface area contributed by atoms with Crippen molar-refractivity contribution in [3.8, 4) is 0 Å². The third kappa shape index (κ3) is 1.90. The van der Waals surface area contributed by atoms with Gasteiger partial charge < -0.3 is 5.73 Å². The third-order valence-electron chi connectivity index (χ3n) is 2.73. The molecule has 0 unspecified atom stereocenters. The van der Waals surface area contributed by atoms with Crippen LogP contribution in [0.5, 0.6) is 0 Å². The first-order valence-electron chi connectivity index (χ1n) is 4.71. The first kappa shape index (κ1) is 10.6. The van der Waals surface area contributed by atoms with Gasteiger partial charge in [-0.15, -0.1) is 0 Å². The molecule has 0 aliphatic carbocycles. The van der Waals surface area contributed by atoms with Crippen LogP contribution in [0, 0.1) is 0 Å². The predicted octanol–water partition coefficient (Wildman–Crippen LogP) is 0.116. The fourth-order valence-corrected chi connectivity index (χ4v) is 2.70. The highest BCUT2D eigenvalue weighted by Gasteiger charge is 2.44. The minimum atomic E-state index is -3.09. The number of hydrogen-bond acceptors (Lipinski definition) is 3. The van der Waals surface area contributed by atoms with Gasteiger partial charge >= 0.3 is 0 Å². The highest BCUT2D eigenvalue weighted by atomic mass is 32.2. The van der Waals surface area contributed by atoms with Crippen LogP contribution >= 0.6 is 0 Å². The molecule has 1 heterocycles. The lowest BCUT2D eigenvalue weighted by molar-refractivity contribution is 0.159. The van der Waals surface area contributed by atoms with E-state index >= 15 is 0 Å². The largest absolute Gasteiger partial charge is 0.319 e. The monoisotopic (exact) mass is 226 g/mol. The lowest BCUT2D eigenvalue weighted by Crippen LogP contribution is -2.65. The van der Waals surface area contributed by atoms with Gasteiger partial charge in [0.25, 0.3) is 0 Å². The second-order valence-corrected chi connectivity index (χ2v) is 6.04. The molecule has 4 nitrogen and oxygen atoms in total. The van der Waals surface area contributed by atoms with Crippen molar-refractivity contribution in [3.63, 3.8) is 0 Å². The first-order valence-corrected chi connectivity index (χ1v) is 6.56. The minimum Gasteiger partial charge on any atom is -0.319 e. The molecule has 1 aliphatic heterocycles. The van der Waals surface area contributed by atoms with Gasteiger partial charge in [-0.3, -0.25) is 0 Å². The van der Waals surface area contributed by atoms with Crippen molar-refractivity contribution < 1.29 is 8.42 Å². The van der Waals surface area contributed by atoms with E-state index in [4.69, 9.17) is 5.73 Å². The Morgan fingerprint density at radius 2 is 1.80 bits per heavy atom. The molecule has 0 spiro atoms. The van der Waals surface area contributed by atoms with E-state index in [-0.39, 0.29) is 0 Å². The molecule has 0 atom stereocenters. The molecule has 0 amide bonds. The van der Waals surface area contributed by atoms with Crippen LogP contribution in [-0.4, -0.2) is 32.1 Å². The quantitative estimate of drug-likeness (QED) is 0.779. The van der Waals surface area contributed by atoms with E-state index in [0.717, 1.165) is 5.56 Å². The van der Waals surface area contributed by atoms with Crippen LogP contribution in [0.1, 0.15) is 5.56 Å². The lowest BCUT2D eigenvalue weighted by Gasteiger charge is -2.46. The van der Waals surface area contributed by atoms with Gasteiger partial charge in [-0.2, -0.15) is 4.31 Å². The molecule has 1 aromatic carbocycles. The van der Waals surface area contributed by atoms with Crippen LogP contribution in [-0.2, 0) is 15.6 Å². The number of nitrogens with zero attached hydrogens (tertiary/aromatic N) is 1. The Hall–Kier alpha value is -0.910. The summed E-state index contributed by atoms with van der Waals surface area (Å²) in [6.07, 6.45) is 1.21. The molecular formula is C10H14N2O2S. The molecule has 0 aromatic heterocycles. The number of sulfonamides is 1. The number of nitrogens with two attached hydrogens (primary N) is 1. The number of rotatable bonds is 2. The van der Waals surface area contributed by atoms with Crippen molar-refractivity contribution in [2.45, 2.75) is 5.54 Å². The summed E-state index contributed by atoms with van der Waals surface area (Å²) in [5.41, 5.74) is 6.59. The maximum absolute atomic E-state index is 11.2. The number of hydrogen-bond donors (Lipinski definition) is 1. The average Bonchev–Trinajstić information content (AvgIpc) is 2.13. The normalized spacial score (nSPS) is 20.9. The summed E-state index contributed by atoms with van der Waals surface area (Å²) < 4.78 is 23.8. The van der Waals surface area contributed by atoms with Crippen molar-refractivity contribution in [2.75, 3.05) is 19.3 Å². The zero-order valence-corrected chi connectivity index (χ0v) is 9.37. The van der Waals surface area contributed by atoms with Gasteiger partial charge in [0.05, 0.1) is 11.8 Å². The van der Waals surface area contributed by atoms with Crippen LogP contribution < -0.4 is 5.73 Å². The van der Waals surface area contributed by atoms with Gasteiger partial charge in [-0.25, -0.2) is 8.42 Å². The Labute approximate surface area is 89.7 Å². The molecule has 82 valence electrons. The van der Waals surface area contributed by atoms with Crippen LogP contribution in [0.3, 0.4) is 0 Å². The smallest absolute Gasteiger partial charge is 0.211 e. The maximum Gasteiger partial charge on any atom is 0.211 e. The lowest BCUT2D eigenvalue weighted by atomic mass is 9.85. The Morgan fingerprint density at radius 1 is 1.27 bits per heavy atom. The van der Waals surface area contributed by atoms with Gasteiger partial charge in [0, 0.05) is 13.1 Å². The van der Waals surface area contributed by atoms with Crippen molar-refractivity contribution in [1.82, 2.24) is 4.31 Å². The summed E-state index contributed by atoms with van der Waals surface area (Å²) in [5.74, 6) is 0. The Morgan fingerprint density at radius 3 is 2.27 bits per heavy atom. The van der Waals surface area contributed by atoms with Crippen molar-refractivity contribution >= 4 is 10.0 Å². The molecular weight excluding hydrogens is 212 g/mol. The summed E-state index contributed by atoms with van der Waals surface area (Å²) in [5, 5.41) is 0. The second-order valence-electron chi connectivity index (χ2n) is 4.05. The molecule has 1 saturated heterocycles. The molecule has 5 heteroatoms. The topological polar surface area (TPSA) is 63.4 Å². The standard InChI is InChI=1S/C10H14N2O2S/c1-15(13,14)12-7-10(11,8-12)9-5-3-2-4-6-9/h2-6H,7-8,11H2,1H3. The summed E-state index contributed by atoms with van der Waals surface area (Å²) in [7, 11) is -3.09. The molecule has 2 N–H and O–H groups in total. The zero-order valence-electron chi connectivity index (χ0n) is 8.55. The van der Waals surface area contributed by atoms with E-state index in [9.17, 15) is 8.42 Å². The maximum atomic E-state index is 11.2. The van der Waals surface area contributed by atoms with E-state index in [2.05, 4.69) is 0 Å². The van der Waals surface area contributed by atoms with Crippen LogP contribution in [0.4, 0.5) is 0 Å². The molecule has 1 aromatic rings. The molecule has 0 bridgehead atoms. The van der Waals surface area contributed by atoms with Gasteiger partial charge in [-0.05, 0) is 5.56 Å². The molecule has 0 radical (unpaired) electrons. The van der Waals surface area contributed by atoms with E-state index in [0.29, 0.717) is 13.1 Å². The fourth-order valence-electron chi connectivity index (χ4n) is 1.77. The Bertz CT molecular complexity index is 450. The van der Waals surface area contributed by atoms with Gasteiger partial charge in [0.1, 0.15) is 0 Å². The SMILES string of the molecule is CS(=O)(=O)N1CC(N)(c2ccccc2)C1. The minimum absolute atomic E-state index is 0.371. The van der Waals surface area contributed by atoms with E-state index < -0.39 is 15.6 Å². The Balaban J connectivity index is 2.16. The summed E-state index contributed by atoms with van der Waals surface area (Å²) in [6, 6.07) is 9.60. The highest BCUT2D eigenvalue weighted by Crippen LogP contribution is 2.30. The molecule has 1 aliphatic rings. The van der Waals surface area contributed by atoms with Gasteiger partial charge in [0.2, 0.25) is 10.0 Å². The van der Waals surface area contributed by atoms with Crippen molar-refractivity contribution in [2.24, 2.45) is 5.73 Å². The fraction of sp³-hybridized carbons (Fsp3) is 0.400. The van der Waals surface area contributed by atoms with E-state index in [1.165, 1.54) is 10.6 Å². The molecule has 15 heavy (non-hydrogen) atoms. The molecule has 2 rings (SSSR count). The molecule has 0 saturated carbocycles. The first-order chi connectivity index (χ1) is 6.92. The predicted molar refractivity (Wildman–Crippen MR) is 58.7 cm³/mol. The van der Waals surface area contributed by atoms with Crippen molar-refractivity contribution in [1.29, 1.82) is 0 Å². The third-order valence-corrected chi connectivity index (χ3v) is 3.93. The second kappa shape index (κ2) is 3.30. The zero-order chi connectivity index (χ0) is 11.1. The number of benzene rings is 1. The van der Waals surface area contributed by atoms with Crippen LogP contribution in [0.15, 0.2) is 30.3 Å². The summed E-state index contributed by atoms with van der Waals surface area (Å²) >= 11 is 0. The summed E-state index contributed by atoms with van der Waals surface area (Å²) in [6.45, 7) is 0.742. The highest BCUT2D eigenvalue weighted by molar-refractivity contribution is 7.88. The average molecular weight is 226 g/mol. The molecule has 1 fully saturated rings. The van der Waals surface area contributed by atoms with Gasteiger partial charge in [0.15, 0.2) is 0 Å². The van der Waals surface area contributed by atoms with Gasteiger partial charge in [-0.1, -0.05) is 30.3 Å². The van der Waals surface area contributed by atoms with Crippen molar-refractivity contribution in [3.05, 3.63) is 35.9 Å². The summed E-state index contributed by atoms with van der Waals surface area (Å²) in [4.78, 5) is 0. The van der Waals surface area contributed by atoms with Crippen LogP contribution in [0.2, 0.25) is 0 Å². The van der Waals surface area contributed by atoms with E-state index in [1.54, 1.807) is 0 Å². The van der Waals surface area contributed by atoms with Crippen LogP contribution in [0.25, 0.3) is 0 Å².